The van der Waals surface area contributed by atoms with Gasteiger partial charge in [-0.1, -0.05) is 20.8 Å². The first-order valence-electron chi connectivity index (χ1n) is 7.21. The molecule has 0 saturated carbocycles. The van der Waals surface area contributed by atoms with Crippen molar-refractivity contribution in [1.29, 1.82) is 0 Å². The van der Waals surface area contributed by atoms with Crippen LogP contribution >= 0.6 is 11.3 Å². The van der Waals surface area contributed by atoms with E-state index >= 15 is 0 Å². The van der Waals surface area contributed by atoms with Gasteiger partial charge in [0.1, 0.15) is 5.82 Å². The van der Waals surface area contributed by atoms with E-state index < -0.39 is 0 Å². The van der Waals surface area contributed by atoms with Crippen LogP contribution in [0.5, 0.6) is 0 Å². The number of fused-ring (bicyclic) bond motifs is 1. The van der Waals surface area contributed by atoms with Gasteiger partial charge in [0.15, 0.2) is 0 Å². The molecule has 3 heterocycles. The van der Waals surface area contributed by atoms with Crippen molar-refractivity contribution >= 4 is 27.2 Å². The van der Waals surface area contributed by atoms with Crippen molar-refractivity contribution in [1.82, 2.24) is 14.8 Å². The van der Waals surface area contributed by atoms with Crippen LogP contribution in [0.3, 0.4) is 0 Å². The number of aromatic nitrogens is 3. The lowest BCUT2D eigenvalue weighted by Crippen LogP contribution is -2.10. The molecule has 0 unspecified atom stereocenters. The molecule has 0 aliphatic carbocycles. The molecule has 116 valence electrons. The zero-order valence-electron chi connectivity index (χ0n) is 13.0. The lowest BCUT2D eigenvalue weighted by atomic mass is 9.86. The molecule has 3 aromatic rings. The quantitative estimate of drug-likeness (QED) is 0.778. The molecule has 0 bridgehead atoms. The third-order valence-electron chi connectivity index (χ3n) is 3.71. The molecule has 0 atom stereocenters. The molecular weight excluding hydrogens is 296 g/mol. The summed E-state index contributed by atoms with van der Waals surface area (Å²) in [6.45, 7) is 7.10. The highest BCUT2D eigenvalue weighted by atomic mass is 32.1. The van der Waals surface area contributed by atoms with Gasteiger partial charge < -0.3 is 10.8 Å². The maximum Gasteiger partial charge on any atom is 0.132 e. The third-order valence-corrected chi connectivity index (χ3v) is 4.72. The summed E-state index contributed by atoms with van der Waals surface area (Å²) in [6.07, 6.45) is 5.54. The number of nitrogens with two attached hydrogens (primary N) is 1. The average Bonchev–Trinajstić information content (AvgIpc) is 3.06. The number of hydrogen-bond acceptors (Lipinski definition) is 5. The molecular formula is C16H20N4OS. The molecule has 5 nitrogen and oxygen atoms in total. The van der Waals surface area contributed by atoms with Gasteiger partial charge in [0.2, 0.25) is 0 Å². The van der Waals surface area contributed by atoms with Crippen LogP contribution < -0.4 is 5.73 Å². The second kappa shape index (κ2) is 5.37. The van der Waals surface area contributed by atoms with Crippen LogP contribution in [0.1, 0.15) is 26.3 Å². The van der Waals surface area contributed by atoms with E-state index in [0.717, 1.165) is 21.2 Å². The molecule has 3 N–H and O–H groups in total. The zero-order chi connectivity index (χ0) is 15.9. The van der Waals surface area contributed by atoms with E-state index in [1.807, 2.05) is 6.20 Å². The minimum absolute atomic E-state index is 0.0216. The highest BCUT2D eigenvalue weighted by Gasteiger charge is 2.22. The summed E-state index contributed by atoms with van der Waals surface area (Å²) in [5, 5.41) is 16.5. The van der Waals surface area contributed by atoms with Crippen LogP contribution in [0.25, 0.3) is 21.2 Å². The first-order valence-corrected chi connectivity index (χ1v) is 8.09. The Morgan fingerprint density at radius 3 is 2.77 bits per heavy atom. The Labute approximate surface area is 133 Å². The van der Waals surface area contributed by atoms with E-state index in [-0.39, 0.29) is 12.0 Å². The van der Waals surface area contributed by atoms with Crippen LogP contribution in [-0.2, 0) is 12.0 Å². The van der Waals surface area contributed by atoms with Gasteiger partial charge in [-0.05, 0) is 16.4 Å². The van der Waals surface area contributed by atoms with Gasteiger partial charge in [-0.25, -0.2) is 4.98 Å². The number of aliphatic hydroxyl groups is 1. The minimum atomic E-state index is 0.0216. The summed E-state index contributed by atoms with van der Waals surface area (Å²) in [5.74, 6) is 0.577. The molecule has 6 heteroatoms. The lowest BCUT2D eigenvalue weighted by Gasteiger charge is -2.18. The summed E-state index contributed by atoms with van der Waals surface area (Å²) in [5.41, 5.74) is 9.42. The van der Waals surface area contributed by atoms with E-state index in [9.17, 15) is 0 Å². The van der Waals surface area contributed by atoms with Crippen LogP contribution in [0.15, 0.2) is 24.0 Å². The van der Waals surface area contributed by atoms with Gasteiger partial charge in [0.25, 0.3) is 0 Å². The van der Waals surface area contributed by atoms with Crippen LogP contribution in [0.4, 0.5) is 5.82 Å². The Balaban J connectivity index is 2.19. The second-order valence-electron chi connectivity index (χ2n) is 6.38. The number of anilines is 1. The molecule has 0 fully saturated rings. The molecule has 22 heavy (non-hydrogen) atoms. The molecule has 0 amide bonds. The number of nitrogens with zero attached hydrogens (tertiary/aromatic N) is 3. The monoisotopic (exact) mass is 316 g/mol. The molecule has 0 radical (unpaired) electrons. The normalized spacial score (nSPS) is 12.2. The van der Waals surface area contributed by atoms with Crippen molar-refractivity contribution in [3.05, 3.63) is 29.5 Å². The number of hydrogen-bond donors (Lipinski definition) is 2. The largest absolute Gasteiger partial charge is 0.394 e. The van der Waals surface area contributed by atoms with E-state index in [0.29, 0.717) is 12.4 Å². The van der Waals surface area contributed by atoms with Gasteiger partial charge in [-0.2, -0.15) is 5.10 Å². The Hall–Kier alpha value is -1.92. The third kappa shape index (κ3) is 2.48. The smallest absolute Gasteiger partial charge is 0.132 e. The fourth-order valence-corrected chi connectivity index (χ4v) is 3.89. The van der Waals surface area contributed by atoms with E-state index in [1.165, 1.54) is 5.56 Å². The number of aliphatic hydroxyl groups excluding tert-OH is 1. The molecule has 3 rings (SSSR count). The SMILES string of the molecule is CC(C)(C)c1csc2c(-c3cnn(CCO)c3)cnc(N)c12. The van der Waals surface area contributed by atoms with Gasteiger partial charge in [0, 0.05) is 33.6 Å². The van der Waals surface area contributed by atoms with E-state index in [4.69, 9.17) is 10.8 Å². The predicted octanol–water partition coefficient (Wildman–Crippen LogP) is 3.03. The van der Waals surface area contributed by atoms with Crippen LogP contribution in [-0.4, -0.2) is 26.5 Å². The standard InChI is InChI=1S/C16H20N4OS/c1-16(2,3)12-9-22-14-11(7-18-15(17)13(12)14)10-6-19-20(8-10)4-5-21/h6-9,21H,4-5H2,1-3H3,(H2,17,18). The summed E-state index contributed by atoms with van der Waals surface area (Å²) < 4.78 is 2.87. The fourth-order valence-electron chi connectivity index (χ4n) is 2.55. The second-order valence-corrected chi connectivity index (χ2v) is 7.26. The molecule has 0 saturated heterocycles. The molecule has 0 aliphatic rings. The van der Waals surface area contributed by atoms with Crippen molar-refractivity contribution in [3.63, 3.8) is 0 Å². The van der Waals surface area contributed by atoms with Gasteiger partial charge >= 0.3 is 0 Å². The van der Waals surface area contributed by atoms with Gasteiger partial charge in [0.05, 0.1) is 19.3 Å². The highest BCUT2D eigenvalue weighted by Crippen LogP contribution is 2.41. The van der Waals surface area contributed by atoms with Crippen molar-refractivity contribution in [2.45, 2.75) is 32.7 Å². The van der Waals surface area contributed by atoms with Crippen molar-refractivity contribution < 1.29 is 5.11 Å². The number of thiophene rings is 1. The predicted molar refractivity (Wildman–Crippen MR) is 91.0 cm³/mol. The Morgan fingerprint density at radius 1 is 1.32 bits per heavy atom. The van der Waals surface area contributed by atoms with Crippen LogP contribution in [0, 0.1) is 0 Å². The van der Waals surface area contributed by atoms with Crippen LogP contribution in [0.2, 0.25) is 0 Å². The number of nitrogen functional groups attached to an aromatic ring is 1. The fraction of sp³-hybridized carbons (Fsp3) is 0.375. The Bertz CT molecular complexity index is 813. The average molecular weight is 316 g/mol. The van der Waals surface area contributed by atoms with Crippen molar-refractivity contribution in [2.75, 3.05) is 12.3 Å². The summed E-state index contributed by atoms with van der Waals surface area (Å²) in [4.78, 5) is 4.38. The zero-order valence-corrected chi connectivity index (χ0v) is 13.8. The summed E-state index contributed by atoms with van der Waals surface area (Å²) in [7, 11) is 0. The summed E-state index contributed by atoms with van der Waals surface area (Å²) >= 11 is 1.69. The molecule has 0 spiro atoms. The van der Waals surface area contributed by atoms with E-state index in [2.05, 4.69) is 36.2 Å². The first-order chi connectivity index (χ1) is 10.4. The maximum absolute atomic E-state index is 9.01. The minimum Gasteiger partial charge on any atom is -0.394 e. The van der Waals surface area contributed by atoms with Gasteiger partial charge in [-0.15, -0.1) is 11.3 Å². The molecule has 3 aromatic heterocycles. The Morgan fingerprint density at radius 2 is 2.09 bits per heavy atom. The Kier molecular flexibility index (Phi) is 3.66. The molecule has 0 aliphatic heterocycles. The number of pyridine rings is 1. The number of rotatable bonds is 3. The highest BCUT2D eigenvalue weighted by molar-refractivity contribution is 7.18. The lowest BCUT2D eigenvalue weighted by molar-refractivity contribution is 0.269. The topological polar surface area (TPSA) is 77.0 Å². The maximum atomic E-state index is 9.01. The van der Waals surface area contributed by atoms with Gasteiger partial charge in [-0.3, -0.25) is 4.68 Å². The van der Waals surface area contributed by atoms with Crippen molar-refractivity contribution in [3.8, 4) is 11.1 Å². The van der Waals surface area contributed by atoms with Crippen molar-refractivity contribution in [2.24, 2.45) is 0 Å². The first kappa shape index (κ1) is 15.0. The van der Waals surface area contributed by atoms with E-state index in [1.54, 1.807) is 28.4 Å². The molecule has 0 aromatic carbocycles. The summed E-state index contributed by atoms with van der Waals surface area (Å²) in [6, 6.07) is 0.